The molecule has 0 saturated heterocycles. The molecule has 1 heteroatoms. The molecule has 12 rings (SSSR count). The van der Waals surface area contributed by atoms with Crippen LogP contribution in [0.1, 0.15) is 23.6 Å². The molecule has 1 aliphatic carbocycles. The molecule has 0 aliphatic heterocycles. The van der Waals surface area contributed by atoms with Gasteiger partial charge in [0.15, 0.2) is 0 Å². The summed E-state index contributed by atoms with van der Waals surface area (Å²) in [6, 6.07) is 89.4. The maximum Gasteiger partial charge on any atom is 0.0468 e. The van der Waals surface area contributed by atoms with Gasteiger partial charge in [-0.1, -0.05) is 206 Å². The van der Waals surface area contributed by atoms with Crippen molar-refractivity contribution in [3.8, 4) is 44.5 Å². The van der Waals surface area contributed by atoms with Crippen molar-refractivity contribution in [3.05, 3.63) is 259 Å². The van der Waals surface area contributed by atoms with Crippen molar-refractivity contribution in [2.24, 2.45) is 0 Å². The number of hydrogen-bond acceptors (Lipinski definition) is 1. The van der Waals surface area contributed by atoms with Gasteiger partial charge < -0.3 is 4.90 Å². The quantitative estimate of drug-likeness (QED) is 0.145. The molecule has 1 unspecified atom stereocenters. The van der Waals surface area contributed by atoms with E-state index in [1.165, 1.54) is 93.5 Å². The minimum Gasteiger partial charge on any atom is -0.310 e. The molecule has 0 heterocycles. The van der Waals surface area contributed by atoms with Crippen LogP contribution >= 0.6 is 0 Å². The van der Waals surface area contributed by atoms with E-state index in [1.807, 2.05) is 0 Å². The molecule has 0 aromatic heterocycles. The van der Waals surface area contributed by atoms with Crippen molar-refractivity contribution in [1.29, 1.82) is 0 Å². The second-order valence-corrected chi connectivity index (χ2v) is 16.9. The molecule has 0 amide bonds. The largest absolute Gasteiger partial charge is 0.310 e. The van der Waals surface area contributed by atoms with Gasteiger partial charge in [-0.3, -0.25) is 0 Å². The van der Waals surface area contributed by atoms with Gasteiger partial charge in [0.1, 0.15) is 0 Å². The lowest BCUT2D eigenvalue weighted by atomic mass is 9.74. The maximum absolute atomic E-state index is 2.47. The lowest BCUT2D eigenvalue weighted by molar-refractivity contribution is 0.714. The van der Waals surface area contributed by atoms with Gasteiger partial charge in [-0.25, -0.2) is 0 Å². The van der Waals surface area contributed by atoms with Crippen molar-refractivity contribution in [2.45, 2.75) is 12.3 Å². The second kappa shape index (κ2) is 14.9. The number of rotatable bonds is 7. The van der Waals surface area contributed by atoms with E-state index in [0.29, 0.717) is 0 Å². The number of benzene rings is 11. The molecule has 0 bridgehead atoms. The molecule has 11 aromatic rings. The molecule has 0 fully saturated rings. The molecule has 0 saturated carbocycles. The maximum atomic E-state index is 2.47. The first-order chi connectivity index (χ1) is 31.1. The lowest BCUT2D eigenvalue weighted by Gasteiger charge is -2.31. The van der Waals surface area contributed by atoms with Crippen molar-refractivity contribution in [1.82, 2.24) is 0 Å². The predicted molar refractivity (Wildman–Crippen MR) is 267 cm³/mol. The third-order valence-electron chi connectivity index (χ3n) is 13.5. The van der Waals surface area contributed by atoms with E-state index in [1.54, 1.807) is 0 Å². The molecule has 63 heavy (non-hydrogen) atoms. The van der Waals surface area contributed by atoms with Gasteiger partial charge in [-0.15, -0.1) is 0 Å². The molecule has 1 atom stereocenters. The van der Waals surface area contributed by atoms with Crippen molar-refractivity contribution < 1.29 is 0 Å². The Bertz CT molecular complexity index is 3490. The van der Waals surface area contributed by atoms with Crippen molar-refractivity contribution in [3.63, 3.8) is 0 Å². The van der Waals surface area contributed by atoms with Crippen LogP contribution in [-0.2, 0) is 5.41 Å². The number of anilines is 3. The Morgan fingerprint density at radius 2 is 0.810 bits per heavy atom. The summed E-state index contributed by atoms with van der Waals surface area (Å²) >= 11 is 0. The minimum absolute atomic E-state index is 0.333. The Kier molecular flexibility index (Phi) is 8.69. The number of fused-ring (bicyclic) bond motifs is 7. The van der Waals surface area contributed by atoms with E-state index in [0.717, 1.165) is 17.1 Å². The van der Waals surface area contributed by atoms with Gasteiger partial charge in [0, 0.05) is 22.5 Å². The van der Waals surface area contributed by atoms with Gasteiger partial charge in [-0.05, 0) is 137 Å². The molecule has 296 valence electrons. The fourth-order valence-electron chi connectivity index (χ4n) is 10.5. The summed E-state index contributed by atoms with van der Waals surface area (Å²) in [4.78, 5) is 2.47. The Morgan fingerprint density at radius 1 is 0.302 bits per heavy atom. The van der Waals surface area contributed by atoms with Crippen LogP contribution in [0.15, 0.2) is 243 Å². The summed E-state index contributed by atoms with van der Waals surface area (Å²) in [5.74, 6) is 0. The third-order valence-corrected chi connectivity index (χ3v) is 13.5. The summed E-state index contributed by atoms with van der Waals surface area (Å²) < 4.78 is 0. The molecule has 1 aliphatic rings. The van der Waals surface area contributed by atoms with Crippen LogP contribution in [0.5, 0.6) is 0 Å². The van der Waals surface area contributed by atoms with Crippen LogP contribution in [0.2, 0.25) is 0 Å². The Balaban J connectivity index is 1.12. The van der Waals surface area contributed by atoms with Crippen LogP contribution < -0.4 is 4.90 Å². The molecule has 0 radical (unpaired) electrons. The minimum atomic E-state index is -0.333. The molecule has 0 N–H and O–H groups in total. The monoisotopic (exact) mass is 801 g/mol. The van der Waals surface area contributed by atoms with Crippen LogP contribution in [0.25, 0.3) is 76.8 Å². The van der Waals surface area contributed by atoms with Crippen molar-refractivity contribution >= 4 is 49.4 Å². The highest BCUT2D eigenvalue weighted by Crippen LogP contribution is 2.54. The van der Waals surface area contributed by atoms with E-state index < -0.39 is 0 Å². The normalized spacial score (nSPS) is 14.2. The Morgan fingerprint density at radius 3 is 1.56 bits per heavy atom. The van der Waals surface area contributed by atoms with E-state index >= 15 is 0 Å². The summed E-state index contributed by atoms with van der Waals surface area (Å²) in [5.41, 5.74) is 16.8. The first kappa shape index (κ1) is 36.8. The SMILES string of the molecule is CC1(c2ccccc2)c2ccccc2-c2ccc(N(c3ccc(-c4cccc5ccccc45)cc3)c3ccc4c(c3)c(-c3ccccc3)c(-c3ccccc3)c3ccccc34)cc21. The topological polar surface area (TPSA) is 3.24 Å². The van der Waals surface area contributed by atoms with Gasteiger partial charge in [0.25, 0.3) is 0 Å². The average Bonchev–Trinajstić information content (AvgIpc) is 3.62. The zero-order chi connectivity index (χ0) is 41.9. The first-order valence-corrected chi connectivity index (χ1v) is 21.9. The van der Waals surface area contributed by atoms with Crippen LogP contribution in [-0.4, -0.2) is 0 Å². The second-order valence-electron chi connectivity index (χ2n) is 16.9. The summed E-state index contributed by atoms with van der Waals surface area (Å²) in [6.07, 6.45) is 0. The highest BCUT2D eigenvalue weighted by Gasteiger charge is 2.41. The van der Waals surface area contributed by atoms with Crippen molar-refractivity contribution in [2.75, 3.05) is 4.90 Å². The molecule has 11 aromatic carbocycles. The fourth-order valence-corrected chi connectivity index (χ4v) is 10.5. The van der Waals surface area contributed by atoms with Gasteiger partial charge >= 0.3 is 0 Å². The lowest BCUT2D eigenvalue weighted by Crippen LogP contribution is -2.22. The predicted octanol–water partition coefficient (Wildman–Crippen LogP) is 17.0. The molecule has 0 spiro atoms. The highest BCUT2D eigenvalue weighted by molar-refractivity contribution is 6.22. The molecule has 1 nitrogen and oxygen atoms in total. The van der Waals surface area contributed by atoms with Gasteiger partial charge in [0.2, 0.25) is 0 Å². The number of hydrogen-bond donors (Lipinski definition) is 0. The first-order valence-electron chi connectivity index (χ1n) is 21.9. The standard InChI is InChI=1S/C62H43N/c1-62(46-24-9-4-10-25-46)58-31-16-15-28-54(58)55-39-37-49(41-59(55)62)63(47-34-32-43(33-35-47)51-30-17-23-42-18-11-12-26-50(42)51)48-36-38-53-52-27-13-14-29-56(52)60(44-19-5-2-6-20-44)61(57(53)40-48)45-21-7-3-8-22-45/h2-41H,1H3. The number of nitrogens with zero attached hydrogens (tertiary/aromatic N) is 1. The molecular formula is C62H43N. The zero-order valence-corrected chi connectivity index (χ0v) is 35.0. The highest BCUT2D eigenvalue weighted by atomic mass is 15.1. The Hall–Kier alpha value is -8.00. The van der Waals surface area contributed by atoms with E-state index in [2.05, 4.69) is 254 Å². The fraction of sp³-hybridized carbons (Fsp3) is 0.0323. The Labute approximate surface area is 368 Å². The summed E-state index contributed by atoms with van der Waals surface area (Å²) in [7, 11) is 0. The summed E-state index contributed by atoms with van der Waals surface area (Å²) in [5, 5.41) is 7.46. The molecular weight excluding hydrogens is 759 g/mol. The van der Waals surface area contributed by atoms with Crippen LogP contribution in [0.3, 0.4) is 0 Å². The third kappa shape index (κ3) is 5.92. The van der Waals surface area contributed by atoms with E-state index in [4.69, 9.17) is 0 Å². The van der Waals surface area contributed by atoms with Gasteiger partial charge in [0.05, 0.1) is 0 Å². The van der Waals surface area contributed by atoms with Crippen LogP contribution in [0, 0.1) is 0 Å². The average molecular weight is 802 g/mol. The van der Waals surface area contributed by atoms with E-state index in [-0.39, 0.29) is 5.41 Å². The van der Waals surface area contributed by atoms with Crippen LogP contribution in [0.4, 0.5) is 17.1 Å². The summed E-state index contributed by atoms with van der Waals surface area (Å²) in [6.45, 7) is 2.40. The zero-order valence-electron chi connectivity index (χ0n) is 35.0. The van der Waals surface area contributed by atoms with E-state index in [9.17, 15) is 0 Å². The smallest absolute Gasteiger partial charge is 0.0468 e. The van der Waals surface area contributed by atoms with Gasteiger partial charge in [-0.2, -0.15) is 0 Å².